The van der Waals surface area contributed by atoms with Gasteiger partial charge in [0, 0.05) is 38.3 Å². The first-order valence-electron chi connectivity index (χ1n) is 7.66. The summed E-state index contributed by atoms with van der Waals surface area (Å²) in [6, 6.07) is 2.12. The number of rotatable bonds is 4. The molecule has 2 aromatic heterocycles. The highest BCUT2D eigenvalue weighted by Gasteiger charge is 2.30. The van der Waals surface area contributed by atoms with Crippen LogP contribution in [0.5, 0.6) is 0 Å². The number of amides is 1. The summed E-state index contributed by atoms with van der Waals surface area (Å²) >= 11 is 0. The Morgan fingerprint density at radius 2 is 2.32 bits per heavy atom. The molecule has 0 saturated carbocycles. The van der Waals surface area contributed by atoms with Crippen molar-refractivity contribution in [2.45, 2.75) is 45.6 Å². The van der Waals surface area contributed by atoms with E-state index in [0.717, 1.165) is 37.8 Å². The Morgan fingerprint density at radius 3 is 3.05 bits per heavy atom. The summed E-state index contributed by atoms with van der Waals surface area (Å²) in [7, 11) is 0. The van der Waals surface area contributed by atoms with Crippen molar-refractivity contribution in [2.24, 2.45) is 0 Å². The Balaban J connectivity index is 1.67. The monoisotopic (exact) mass is 300 g/mol. The average molecular weight is 300 g/mol. The van der Waals surface area contributed by atoms with Gasteiger partial charge in [-0.3, -0.25) is 9.78 Å². The van der Waals surface area contributed by atoms with Crippen LogP contribution in [0, 0.1) is 13.8 Å². The Bertz CT molecular complexity index is 668. The fourth-order valence-electron chi connectivity index (χ4n) is 2.98. The fraction of sp³-hybridized carbons (Fsp3) is 0.500. The zero-order valence-electron chi connectivity index (χ0n) is 13.0. The molecule has 6 nitrogen and oxygen atoms in total. The van der Waals surface area contributed by atoms with Crippen LogP contribution in [-0.2, 0) is 6.42 Å². The second-order valence-corrected chi connectivity index (χ2v) is 5.75. The highest BCUT2D eigenvalue weighted by Crippen LogP contribution is 2.24. The predicted molar refractivity (Wildman–Crippen MR) is 80.4 cm³/mol. The van der Waals surface area contributed by atoms with Crippen molar-refractivity contribution in [3.63, 3.8) is 0 Å². The highest BCUT2D eigenvalue weighted by molar-refractivity contribution is 5.95. The summed E-state index contributed by atoms with van der Waals surface area (Å²) in [6.45, 7) is 4.54. The number of hydrogen-bond donors (Lipinski definition) is 0. The van der Waals surface area contributed by atoms with Gasteiger partial charge in [0.15, 0.2) is 5.82 Å². The van der Waals surface area contributed by atoms with E-state index in [4.69, 9.17) is 4.52 Å². The van der Waals surface area contributed by atoms with Gasteiger partial charge in [-0.25, -0.2) is 0 Å². The number of nitrogens with zero attached hydrogens (tertiary/aromatic N) is 4. The van der Waals surface area contributed by atoms with Crippen LogP contribution < -0.4 is 0 Å². The van der Waals surface area contributed by atoms with Crippen molar-refractivity contribution >= 4 is 5.91 Å². The zero-order valence-corrected chi connectivity index (χ0v) is 13.0. The minimum Gasteiger partial charge on any atom is -0.340 e. The first-order chi connectivity index (χ1) is 10.6. The van der Waals surface area contributed by atoms with Gasteiger partial charge in [0.2, 0.25) is 5.89 Å². The van der Waals surface area contributed by atoms with E-state index in [9.17, 15) is 4.79 Å². The summed E-state index contributed by atoms with van der Waals surface area (Å²) in [4.78, 5) is 23.0. The van der Waals surface area contributed by atoms with E-state index in [-0.39, 0.29) is 11.9 Å². The molecular weight excluding hydrogens is 280 g/mol. The quantitative estimate of drug-likeness (QED) is 0.866. The molecule has 0 aromatic carbocycles. The van der Waals surface area contributed by atoms with E-state index in [1.54, 1.807) is 19.3 Å². The van der Waals surface area contributed by atoms with E-state index in [1.807, 2.05) is 17.9 Å². The van der Waals surface area contributed by atoms with Crippen LogP contribution in [0.3, 0.4) is 0 Å². The number of pyridine rings is 1. The van der Waals surface area contributed by atoms with Crippen LogP contribution in [-0.4, -0.2) is 38.5 Å². The molecule has 1 atom stereocenters. The predicted octanol–water partition coefficient (Wildman–Crippen LogP) is 2.32. The maximum atomic E-state index is 12.7. The van der Waals surface area contributed by atoms with E-state index < -0.39 is 0 Å². The van der Waals surface area contributed by atoms with Crippen LogP contribution in [0.15, 0.2) is 23.0 Å². The molecule has 0 bridgehead atoms. The minimum absolute atomic E-state index is 0.0809. The lowest BCUT2D eigenvalue weighted by atomic mass is 10.1. The Hall–Kier alpha value is -2.24. The van der Waals surface area contributed by atoms with Gasteiger partial charge in [-0.2, -0.15) is 4.98 Å². The molecule has 3 rings (SSSR count). The van der Waals surface area contributed by atoms with E-state index in [2.05, 4.69) is 15.1 Å². The van der Waals surface area contributed by atoms with Crippen LogP contribution >= 0.6 is 0 Å². The molecule has 6 heteroatoms. The van der Waals surface area contributed by atoms with Crippen LogP contribution in [0.2, 0.25) is 0 Å². The molecule has 22 heavy (non-hydrogen) atoms. The van der Waals surface area contributed by atoms with Gasteiger partial charge in [-0.05, 0) is 37.8 Å². The third-order valence-corrected chi connectivity index (χ3v) is 4.18. The van der Waals surface area contributed by atoms with Crippen molar-refractivity contribution in [3.8, 4) is 0 Å². The Morgan fingerprint density at radius 1 is 1.45 bits per heavy atom. The van der Waals surface area contributed by atoms with Crippen molar-refractivity contribution in [1.82, 2.24) is 20.0 Å². The molecule has 1 saturated heterocycles. The van der Waals surface area contributed by atoms with Gasteiger partial charge in [-0.1, -0.05) is 5.16 Å². The second kappa shape index (κ2) is 6.25. The third-order valence-electron chi connectivity index (χ3n) is 4.18. The SMILES string of the molecule is Cc1nc(CCC2CCCN2C(=O)c2cnccc2C)no1. The lowest BCUT2D eigenvalue weighted by Gasteiger charge is -2.25. The average Bonchev–Trinajstić information content (AvgIpc) is 3.13. The number of aryl methyl sites for hydroxylation is 3. The number of likely N-dealkylation sites (tertiary alicyclic amines) is 1. The topological polar surface area (TPSA) is 72.1 Å². The molecule has 1 fully saturated rings. The second-order valence-electron chi connectivity index (χ2n) is 5.75. The number of aromatic nitrogens is 3. The fourth-order valence-corrected chi connectivity index (χ4v) is 2.98. The molecule has 3 heterocycles. The largest absolute Gasteiger partial charge is 0.340 e. The third kappa shape index (κ3) is 3.00. The summed E-state index contributed by atoms with van der Waals surface area (Å²) in [5, 5.41) is 3.92. The molecule has 1 amide bonds. The molecule has 2 aromatic rings. The lowest BCUT2D eigenvalue weighted by Crippen LogP contribution is -2.36. The minimum atomic E-state index is 0.0809. The summed E-state index contributed by atoms with van der Waals surface area (Å²) in [5.74, 6) is 1.38. The van der Waals surface area contributed by atoms with Crippen LogP contribution in [0.4, 0.5) is 0 Å². The Kier molecular flexibility index (Phi) is 4.18. The molecule has 1 aliphatic rings. The number of hydrogen-bond acceptors (Lipinski definition) is 5. The van der Waals surface area contributed by atoms with Gasteiger partial charge in [0.1, 0.15) is 0 Å². The van der Waals surface area contributed by atoms with Crippen molar-refractivity contribution in [1.29, 1.82) is 0 Å². The lowest BCUT2D eigenvalue weighted by molar-refractivity contribution is 0.0729. The molecule has 0 aliphatic carbocycles. The van der Waals surface area contributed by atoms with Gasteiger partial charge in [0.05, 0.1) is 5.56 Å². The first kappa shape index (κ1) is 14.7. The smallest absolute Gasteiger partial charge is 0.255 e. The van der Waals surface area contributed by atoms with Gasteiger partial charge < -0.3 is 9.42 Å². The summed E-state index contributed by atoms with van der Waals surface area (Å²) in [6.07, 6.45) is 7.05. The van der Waals surface area contributed by atoms with Gasteiger partial charge in [0.25, 0.3) is 5.91 Å². The highest BCUT2D eigenvalue weighted by atomic mass is 16.5. The molecule has 0 radical (unpaired) electrons. The summed E-state index contributed by atoms with van der Waals surface area (Å²) in [5.41, 5.74) is 1.67. The van der Waals surface area contributed by atoms with E-state index in [1.165, 1.54) is 0 Å². The van der Waals surface area contributed by atoms with Crippen molar-refractivity contribution < 1.29 is 9.32 Å². The zero-order chi connectivity index (χ0) is 15.5. The molecule has 0 N–H and O–H groups in total. The van der Waals surface area contributed by atoms with E-state index in [0.29, 0.717) is 17.3 Å². The summed E-state index contributed by atoms with van der Waals surface area (Å²) < 4.78 is 4.99. The molecule has 116 valence electrons. The first-order valence-corrected chi connectivity index (χ1v) is 7.66. The maximum Gasteiger partial charge on any atom is 0.255 e. The normalized spacial score (nSPS) is 17.9. The number of carbonyl (C=O) groups excluding carboxylic acids is 1. The van der Waals surface area contributed by atoms with Gasteiger partial charge in [-0.15, -0.1) is 0 Å². The standard InChI is InChI=1S/C16H20N4O2/c1-11-7-8-17-10-14(11)16(21)20-9-3-4-13(20)5-6-15-18-12(2)22-19-15/h7-8,10,13H,3-6,9H2,1-2H3. The van der Waals surface area contributed by atoms with Crippen LogP contribution in [0.25, 0.3) is 0 Å². The maximum absolute atomic E-state index is 12.7. The molecular formula is C16H20N4O2. The van der Waals surface area contributed by atoms with Crippen molar-refractivity contribution in [2.75, 3.05) is 6.54 Å². The molecule has 0 spiro atoms. The molecule has 1 unspecified atom stereocenters. The molecule has 1 aliphatic heterocycles. The number of carbonyl (C=O) groups is 1. The van der Waals surface area contributed by atoms with Crippen LogP contribution in [0.1, 0.15) is 46.9 Å². The van der Waals surface area contributed by atoms with Gasteiger partial charge >= 0.3 is 0 Å². The Labute approximate surface area is 129 Å². The van der Waals surface area contributed by atoms with E-state index >= 15 is 0 Å². The van der Waals surface area contributed by atoms with Crippen molar-refractivity contribution in [3.05, 3.63) is 41.3 Å².